The lowest BCUT2D eigenvalue weighted by Crippen LogP contribution is -2.02. The van der Waals surface area contributed by atoms with Gasteiger partial charge in [-0.05, 0) is 36.8 Å². The Balaban J connectivity index is 1.72. The van der Waals surface area contributed by atoms with Crippen LogP contribution in [-0.2, 0) is 6.42 Å². The minimum Gasteiger partial charge on any atom is -0.469 e. The lowest BCUT2D eigenvalue weighted by molar-refractivity contribution is 0.504. The molecule has 0 saturated heterocycles. The third kappa shape index (κ3) is 3.12. The summed E-state index contributed by atoms with van der Waals surface area (Å²) in [5.41, 5.74) is 0.819. The predicted octanol–water partition coefficient (Wildman–Crippen LogP) is 3.46. The maximum Gasteiger partial charge on any atom is 0.125 e. The summed E-state index contributed by atoms with van der Waals surface area (Å²) < 4.78 is 18.1. The van der Waals surface area contributed by atoms with E-state index in [0.717, 1.165) is 30.8 Å². The average Bonchev–Trinajstić information content (AvgIpc) is 2.77. The number of furan rings is 1. The van der Waals surface area contributed by atoms with Crippen LogP contribution in [0.2, 0.25) is 0 Å². The fourth-order valence-electron chi connectivity index (χ4n) is 1.55. The molecule has 0 radical (unpaired) electrons. The standard InChI is InChI=1S/C13H14FNO/c14-11-4-1-5-12(10-11)15-8-2-6-13-7-3-9-16-13/h1,3-5,7,9-10,15H,2,6,8H2. The molecule has 1 N–H and O–H groups in total. The number of hydrogen-bond donors (Lipinski definition) is 1. The van der Waals surface area contributed by atoms with Crippen LogP contribution in [-0.4, -0.2) is 6.54 Å². The highest BCUT2D eigenvalue weighted by atomic mass is 19.1. The van der Waals surface area contributed by atoms with Gasteiger partial charge in [0.05, 0.1) is 6.26 Å². The van der Waals surface area contributed by atoms with E-state index in [1.54, 1.807) is 12.3 Å². The zero-order chi connectivity index (χ0) is 11.2. The van der Waals surface area contributed by atoms with Crippen LogP contribution in [0.25, 0.3) is 0 Å². The highest BCUT2D eigenvalue weighted by Crippen LogP contribution is 2.09. The Hall–Kier alpha value is -1.77. The molecule has 1 heterocycles. The molecule has 0 spiro atoms. The van der Waals surface area contributed by atoms with Gasteiger partial charge in [0.25, 0.3) is 0 Å². The molecule has 1 aromatic carbocycles. The molecule has 2 rings (SSSR count). The van der Waals surface area contributed by atoms with E-state index in [1.165, 1.54) is 12.1 Å². The Morgan fingerprint density at radius 3 is 2.88 bits per heavy atom. The third-order valence-electron chi connectivity index (χ3n) is 2.33. The van der Waals surface area contributed by atoms with Gasteiger partial charge in [0.15, 0.2) is 0 Å². The second-order valence-corrected chi connectivity index (χ2v) is 3.62. The molecule has 16 heavy (non-hydrogen) atoms. The van der Waals surface area contributed by atoms with Gasteiger partial charge >= 0.3 is 0 Å². The van der Waals surface area contributed by atoms with E-state index < -0.39 is 0 Å². The molecule has 0 aliphatic rings. The zero-order valence-corrected chi connectivity index (χ0v) is 8.95. The number of rotatable bonds is 5. The average molecular weight is 219 g/mol. The highest BCUT2D eigenvalue weighted by molar-refractivity contribution is 5.42. The molecule has 1 aromatic heterocycles. The van der Waals surface area contributed by atoms with Gasteiger partial charge in [0.2, 0.25) is 0 Å². The Labute approximate surface area is 94.1 Å². The van der Waals surface area contributed by atoms with E-state index in [1.807, 2.05) is 18.2 Å². The van der Waals surface area contributed by atoms with Crippen molar-refractivity contribution in [2.45, 2.75) is 12.8 Å². The largest absolute Gasteiger partial charge is 0.469 e. The predicted molar refractivity (Wildman–Crippen MR) is 61.9 cm³/mol. The van der Waals surface area contributed by atoms with Crippen molar-refractivity contribution in [1.29, 1.82) is 0 Å². The van der Waals surface area contributed by atoms with Crippen LogP contribution in [0, 0.1) is 5.82 Å². The summed E-state index contributed by atoms with van der Waals surface area (Å²) in [6, 6.07) is 10.3. The van der Waals surface area contributed by atoms with Crippen LogP contribution in [0.3, 0.4) is 0 Å². The number of halogens is 1. The Morgan fingerprint density at radius 2 is 2.12 bits per heavy atom. The fraction of sp³-hybridized carbons (Fsp3) is 0.231. The van der Waals surface area contributed by atoms with Crippen LogP contribution in [0.1, 0.15) is 12.2 Å². The molecule has 3 heteroatoms. The Morgan fingerprint density at radius 1 is 1.19 bits per heavy atom. The lowest BCUT2D eigenvalue weighted by atomic mass is 10.2. The van der Waals surface area contributed by atoms with E-state index in [2.05, 4.69) is 5.32 Å². The van der Waals surface area contributed by atoms with Crippen molar-refractivity contribution in [3.05, 3.63) is 54.2 Å². The van der Waals surface area contributed by atoms with Gasteiger partial charge < -0.3 is 9.73 Å². The third-order valence-corrected chi connectivity index (χ3v) is 2.33. The van der Waals surface area contributed by atoms with Gasteiger partial charge in [-0.1, -0.05) is 6.07 Å². The van der Waals surface area contributed by atoms with Crippen molar-refractivity contribution in [1.82, 2.24) is 0 Å². The quantitative estimate of drug-likeness (QED) is 0.779. The van der Waals surface area contributed by atoms with Crippen LogP contribution >= 0.6 is 0 Å². The van der Waals surface area contributed by atoms with E-state index in [9.17, 15) is 4.39 Å². The highest BCUT2D eigenvalue weighted by Gasteiger charge is 1.96. The summed E-state index contributed by atoms with van der Waals surface area (Å²) in [5, 5.41) is 3.17. The molecule has 0 atom stereocenters. The normalized spacial score (nSPS) is 10.3. The molecule has 2 aromatic rings. The SMILES string of the molecule is Fc1cccc(NCCCc2ccco2)c1. The summed E-state index contributed by atoms with van der Waals surface area (Å²) in [6.07, 6.45) is 3.54. The summed E-state index contributed by atoms with van der Waals surface area (Å²) in [6.45, 7) is 0.810. The van der Waals surface area contributed by atoms with E-state index >= 15 is 0 Å². The smallest absolute Gasteiger partial charge is 0.125 e. The van der Waals surface area contributed by atoms with Crippen LogP contribution in [0.4, 0.5) is 10.1 Å². The maximum atomic E-state index is 12.8. The zero-order valence-electron chi connectivity index (χ0n) is 8.95. The van der Waals surface area contributed by atoms with Crippen molar-refractivity contribution in [3.63, 3.8) is 0 Å². The molecule has 0 fully saturated rings. The van der Waals surface area contributed by atoms with Crippen molar-refractivity contribution in [2.75, 3.05) is 11.9 Å². The van der Waals surface area contributed by atoms with Gasteiger partial charge in [0.1, 0.15) is 11.6 Å². The summed E-state index contributed by atoms with van der Waals surface area (Å²) >= 11 is 0. The minimum absolute atomic E-state index is 0.212. The van der Waals surface area contributed by atoms with E-state index in [4.69, 9.17) is 4.42 Å². The minimum atomic E-state index is -0.212. The lowest BCUT2D eigenvalue weighted by Gasteiger charge is -2.05. The van der Waals surface area contributed by atoms with Gasteiger partial charge in [0, 0.05) is 18.7 Å². The molecule has 0 aliphatic heterocycles. The second kappa shape index (κ2) is 5.35. The molecule has 0 aliphatic carbocycles. The first-order valence-electron chi connectivity index (χ1n) is 5.36. The number of benzene rings is 1. The first kappa shape index (κ1) is 10.7. The van der Waals surface area contributed by atoms with Crippen LogP contribution in [0.15, 0.2) is 47.1 Å². The Kier molecular flexibility index (Phi) is 3.59. The van der Waals surface area contributed by atoms with Crippen molar-refractivity contribution >= 4 is 5.69 Å². The first-order valence-corrected chi connectivity index (χ1v) is 5.36. The molecule has 0 unspecified atom stereocenters. The molecule has 2 nitrogen and oxygen atoms in total. The molecule has 0 bridgehead atoms. The maximum absolute atomic E-state index is 12.8. The number of hydrogen-bond acceptors (Lipinski definition) is 2. The number of aryl methyl sites for hydroxylation is 1. The second-order valence-electron chi connectivity index (χ2n) is 3.62. The van der Waals surface area contributed by atoms with Gasteiger partial charge in [-0.25, -0.2) is 4.39 Å². The fourth-order valence-corrected chi connectivity index (χ4v) is 1.55. The van der Waals surface area contributed by atoms with Crippen molar-refractivity contribution in [2.24, 2.45) is 0 Å². The summed E-state index contributed by atoms with van der Waals surface area (Å²) in [4.78, 5) is 0. The summed E-state index contributed by atoms with van der Waals surface area (Å²) in [7, 11) is 0. The molecular weight excluding hydrogens is 205 g/mol. The topological polar surface area (TPSA) is 25.2 Å². The van der Waals surface area contributed by atoms with E-state index in [-0.39, 0.29) is 5.82 Å². The molecule has 84 valence electrons. The van der Waals surface area contributed by atoms with Crippen molar-refractivity contribution < 1.29 is 8.81 Å². The van der Waals surface area contributed by atoms with Crippen LogP contribution in [0.5, 0.6) is 0 Å². The monoisotopic (exact) mass is 219 g/mol. The van der Waals surface area contributed by atoms with Gasteiger partial charge in [-0.2, -0.15) is 0 Å². The first-order chi connectivity index (χ1) is 7.84. The number of nitrogens with one attached hydrogen (secondary N) is 1. The molecular formula is C13H14FNO. The molecule has 0 amide bonds. The van der Waals surface area contributed by atoms with E-state index in [0.29, 0.717) is 0 Å². The van der Waals surface area contributed by atoms with Crippen molar-refractivity contribution in [3.8, 4) is 0 Å². The van der Waals surface area contributed by atoms with Gasteiger partial charge in [-0.3, -0.25) is 0 Å². The summed E-state index contributed by atoms with van der Waals surface area (Å²) in [5.74, 6) is 0.775. The van der Waals surface area contributed by atoms with Gasteiger partial charge in [-0.15, -0.1) is 0 Å². The van der Waals surface area contributed by atoms with Crippen LogP contribution < -0.4 is 5.32 Å². The number of anilines is 1. The Bertz CT molecular complexity index is 425. The molecule has 0 saturated carbocycles.